The number of nitrogens with one attached hydrogen (secondary N) is 1. The molecule has 0 saturated carbocycles. The van der Waals surface area contributed by atoms with E-state index < -0.39 is 0 Å². The van der Waals surface area contributed by atoms with Crippen molar-refractivity contribution in [3.8, 4) is 6.07 Å². The van der Waals surface area contributed by atoms with Gasteiger partial charge in [0.05, 0.1) is 6.07 Å². The molecule has 0 bridgehead atoms. The van der Waals surface area contributed by atoms with Crippen LogP contribution in [-0.4, -0.2) is 12.5 Å². The minimum atomic E-state index is -0.00282. The fraction of sp³-hybridized carbons (Fsp3) is 0.714. The first-order valence-electron chi connectivity index (χ1n) is 3.38. The number of carbonyl (C=O) groups excluding carboxylic acids is 1. The molecular formula is C7H12N2O. The van der Waals surface area contributed by atoms with E-state index in [2.05, 4.69) is 5.32 Å². The van der Waals surface area contributed by atoms with Crippen molar-refractivity contribution in [2.45, 2.75) is 26.2 Å². The molecule has 10 heavy (non-hydrogen) atoms. The lowest BCUT2D eigenvalue weighted by atomic mass is 10.2. The number of rotatable bonds is 4. The molecule has 1 N–H and O–H groups in total. The smallest absolute Gasteiger partial charge is 0.216 e. The molecule has 3 heteroatoms. The van der Waals surface area contributed by atoms with Crippen molar-refractivity contribution in [1.82, 2.24) is 5.32 Å². The quantitative estimate of drug-likeness (QED) is 0.587. The highest BCUT2D eigenvalue weighted by Gasteiger charge is 1.89. The Morgan fingerprint density at radius 2 is 2.30 bits per heavy atom. The maximum Gasteiger partial charge on any atom is 0.216 e. The standard InChI is InChI=1S/C7H12N2O/c1-7(10)9-6-4-2-3-5-8/h2-4,6H2,1H3,(H,9,10). The van der Waals surface area contributed by atoms with Crippen LogP contribution in [0.15, 0.2) is 0 Å². The van der Waals surface area contributed by atoms with Gasteiger partial charge in [0, 0.05) is 19.9 Å². The van der Waals surface area contributed by atoms with E-state index in [9.17, 15) is 4.79 Å². The van der Waals surface area contributed by atoms with E-state index >= 15 is 0 Å². The van der Waals surface area contributed by atoms with Gasteiger partial charge in [0.25, 0.3) is 0 Å². The Hall–Kier alpha value is -1.04. The average molecular weight is 140 g/mol. The number of amides is 1. The van der Waals surface area contributed by atoms with Gasteiger partial charge in [0.2, 0.25) is 5.91 Å². The summed E-state index contributed by atoms with van der Waals surface area (Å²) in [4.78, 5) is 10.3. The summed E-state index contributed by atoms with van der Waals surface area (Å²) in [6.45, 7) is 2.18. The normalized spacial score (nSPS) is 8.40. The van der Waals surface area contributed by atoms with E-state index in [0.717, 1.165) is 12.8 Å². The van der Waals surface area contributed by atoms with E-state index in [-0.39, 0.29) is 5.91 Å². The number of nitrogens with zero attached hydrogens (tertiary/aromatic N) is 1. The topological polar surface area (TPSA) is 52.9 Å². The Balaban J connectivity index is 2.92. The molecule has 56 valence electrons. The van der Waals surface area contributed by atoms with E-state index in [1.807, 2.05) is 6.07 Å². The third-order valence-electron chi connectivity index (χ3n) is 1.09. The minimum absolute atomic E-state index is 0.00282. The van der Waals surface area contributed by atoms with Crippen LogP contribution in [0.2, 0.25) is 0 Å². The Bertz CT molecular complexity index is 137. The molecule has 3 nitrogen and oxygen atoms in total. The second kappa shape index (κ2) is 6.09. The van der Waals surface area contributed by atoms with E-state index in [1.165, 1.54) is 6.92 Å². The SMILES string of the molecule is CC(=O)NCCCCC#N. The Kier molecular flexibility index (Phi) is 5.45. The fourth-order valence-corrected chi connectivity index (χ4v) is 0.593. The molecule has 0 radical (unpaired) electrons. The van der Waals surface area contributed by atoms with E-state index in [0.29, 0.717) is 13.0 Å². The number of carbonyl (C=O) groups is 1. The molecule has 0 rings (SSSR count). The molecule has 0 atom stereocenters. The molecule has 0 aliphatic carbocycles. The average Bonchev–Trinajstić information content (AvgIpc) is 1.87. The van der Waals surface area contributed by atoms with Crippen LogP contribution in [0.25, 0.3) is 0 Å². The first kappa shape index (κ1) is 8.96. The van der Waals surface area contributed by atoms with Gasteiger partial charge in [0.15, 0.2) is 0 Å². The molecule has 0 aromatic carbocycles. The van der Waals surface area contributed by atoms with Gasteiger partial charge in [-0.05, 0) is 12.8 Å². The molecule has 0 aromatic rings. The van der Waals surface area contributed by atoms with Gasteiger partial charge in [0.1, 0.15) is 0 Å². The van der Waals surface area contributed by atoms with Crippen LogP contribution in [0.3, 0.4) is 0 Å². The van der Waals surface area contributed by atoms with Crippen molar-refractivity contribution in [1.29, 1.82) is 5.26 Å². The Morgan fingerprint density at radius 3 is 2.80 bits per heavy atom. The summed E-state index contributed by atoms with van der Waals surface area (Å²) in [6, 6.07) is 2.04. The van der Waals surface area contributed by atoms with Crippen molar-refractivity contribution < 1.29 is 4.79 Å². The van der Waals surface area contributed by atoms with Crippen LogP contribution in [-0.2, 0) is 4.79 Å². The zero-order valence-electron chi connectivity index (χ0n) is 6.18. The summed E-state index contributed by atoms with van der Waals surface area (Å²) in [6.07, 6.45) is 2.35. The van der Waals surface area contributed by atoms with Gasteiger partial charge in [-0.15, -0.1) is 0 Å². The van der Waals surface area contributed by atoms with Crippen LogP contribution >= 0.6 is 0 Å². The van der Waals surface area contributed by atoms with Crippen LogP contribution in [0.4, 0.5) is 0 Å². The summed E-state index contributed by atoms with van der Waals surface area (Å²) < 4.78 is 0. The number of unbranched alkanes of at least 4 members (excludes halogenated alkanes) is 2. The van der Waals surface area contributed by atoms with Crippen molar-refractivity contribution >= 4 is 5.91 Å². The maximum atomic E-state index is 10.3. The highest BCUT2D eigenvalue weighted by Crippen LogP contribution is 1.90. The Morgan fingerprint density at radius 1 is 1.60 bits per heavy atom. The highest BCUT2D eigenvalue weighted by molar-refractivity contribution is 5.72. The first-order valence-corrected chi connectivity index (χ1v) is 3.38. The predicted octanol–water partition coefficient (Wildman–Crippen LogP) is 0.816. The molecular weight excluding hydrogens is 128 g/mol. The van der Waals surface area contributed by atoms with Crippen LogP contribution in [0.1, 0.15) is 26.2 Å². The van der Waals surface area contributed by atoms with Gasteiger partial charge in [-0.1, -0.05) is 0 Å². The summed E-state index contributed by atoms with van der Waals surface area (Å²) in [5, 5.41) is 10.8. The van der Waals surface area contributed by atoms with Crippen LogP contribution < -0.4 is 5.32 Å². The summed E-state index contributed by atoms with van der Waals surface area (Å²) >= 11 is 0. The minimum Gasteiger partial charge on any atom is -0.356 e. The third kappa shape index (κ3) is 6.96. The maximum absolute atomic E-state index is 10.3. The highest BCUT2D eigenvalue weighted by atomic mass is 16.1. The molecule has 1 amide bonds. The second-order valence-electron chi connectivity index (χ2n) is 2.10. The van der Waals surface area contributed by atoms with Gasteiger partial charge >= 0.3 is 0 Å². The monoisotopic (exact) mass is 140 g/mol. The summed E-state index contributed by atoms with van der Waals surface area (Å²) in [7, 11) is 0. The van der Waals surface area contributed by atoms with Crippen LogP contribution in [0, 0.1) is 11.3 Å². The van der Waals surface area contributed by atoms with Crippen LogP contribution in [0.5, 0.6) is 0 Å². The van der Waals surface area contributed by atoms with Crippen molar-refractivity contribution in [2.24, 2.45) is 0 Å². The first-order chi connectivity index (χ1) is 4.77. The summed E-state index contributed by atoms with van der Waals surface area (Å²) in [5.41, 5.74) is 0. The largest absolute Gasteiger partial charge is 0.356 e. The van der Waals surface area contributed by atoms with Crippen molar-refractivity contribution in [3.63, 3.8) is 0 Å². The summed E-state index contributed by atoms with van der Waals surface area (Å²) in [5.74, 6) is -0.00282. The predicted molar refractivity (Wildman–Crippen MR) is 38.1 cm³/mol. The fourth-order valence-electron chi connectivity index (χ4n) is 0.593. The molecule has 0 saturated heterocycles. The molecule has 0 aliphatic heterocycles. The molecule has 0 aliphatic rings. The van der Waals surface area contributed by atoms with Gasteiger partial charge < -0.3 is 5.32 Å². The molecule has 0 fully saturated rings. The van der Waals surface area contributed by atoms with E-state index in [4.69, 9.17) is 5.26 Å². The lowest BCUT2D eigenvalue weighted by Crippen LogP contribution is -2.20. The number of nitriles is 1. The molecule has 0 heterocycles. The second-order valence-corrected chi connectivity index (χ2v) is 2.10. The van der Waals surface area contributed by atoms with Gasteiger partial charge in [-0.25, -0.2) is 0 Å². The lowest BCUT2D eigenvalue weighted by molar-refractivity contribution is -0.118. The van der Waals surface area contributed by atoms with Crippen molar-refractivity contribution in [2.75, 3.05) is 6.54 Å². The van der Waals surface area contributed by atoms with Gasteiger partial charge in [-0.2, -0.15) is 5.26 Å². The van der Waals surface area contributed by atoms with Crippen molar-refractivity contribution in [3.05, 3.63) is 0 Å². The van der Waals surface area contributed by atoms with Gasteiger partial charge in [-0.3, -0.25) is 4.79 Å². The van der Waals surface area contributed by atoms with E-state index in [1.54, 1.807) is 0 Å². The molecule has 0 unspecified atom stereocenters. The lowest BCUT2D eigenvalue weighted by Gasteiger charge is -1.97. The number of hydrogen-bond acceptors (Lipinski definition) is 2. The zero-order chi connectivity index (χ0) is 7.82. The number of hydrogen-bond donors (Lipinski definition) is 1. The molecule has 0 aromatic heterocycles. The Labute approximate surface area is 61.0 Å². The zero-order valence-corrected chi connectivity index (χ0v) is 6.18. The molecule has 0 spiro atoms. The third-order valence-corrected chi connectivity index (χ3v) is 1.09.